The summed E-state index contributed by atoms with van der Waals surface area (Å²) in [4.78, 5) is 37.2. The van der Waals surface area contributed by atoms with Crippen LogP contribution in [-0.4, -0.2) is 41.9 Å². The lowest BCUT2D eigenvalue weighted by Crippen LogP contribution is -2.51. The zero-order valence-corrected chi connectivity index (χ0v) is 13.5. The van der Waals surface area contributed by atoms with Crippen LogP contribution in [0.2, 0.25) is 0 Å². The summed E-state index contributed by atoms with van der Waals surface area (Å²) in [6.45, 7) is 3.84. The Hall–Kier alpha value is -2.37. The summed E-state index contributed by atoms with van der Waals surface area (Å²) in [5, 5.41) is 0. The van der Waals surface area contributed by atoms with E-state index in [1.807, 2.05) is 26.0 Å². The topological polar surface area (TPSA) is 89.7 Å². The molecule has 1 aromatic carbocycles. The Kier molecular flexibility index (Phi) is 5.36. The highest BCUT2D eigenvalue weighted by molar-refractivity contribution is 5.93. The highest BCUT2D eigenvalue weighted by Gasteiger charge is 2.31. The number of amides is 2. The van der Waals surface area contributed by atoms with Gasteiger partial charge in [0, 0.05) is 6.54 Å². The molecule has 2 amide bonds. The van der Waals surface area contributed by atoms with Gasteiger partial charge >= 0.3 is 5.97 Å². The van der Waals surface area contributed by atoms with Crippen LogP contribution in [0.25, 0.3) is 0 Å². The van der Waals surface area contributed by atoms with E-state index in [4.69, 9.17) is 10.5 Å². The number of aryl methyl sites for hydroxylation is 2. The molecular weight excluding hydrogens is 296 g/mol. The van der Waals surface area contributed by atoms with Crippen molar-refractivity contribution in [2.75, 3.05) is 13.2 Å². The van der Waals surface area contributed by atoms with Gasteiger partial charge in [-0.1, -0.05) is 17.7 Å². The quantitative estimate of drug-likeness (QED) is 0.848. The molecule has 6 nitrogen and oxygen atoms in total. The van der Waals surface area contributed by atoms with E-state index in [0.717, 1.165) is 24.0 Å². The minimum Gasteiger partial charge on any atom is -0.452 e. The molecule has 1 saturated heterocycles. The van der Waals surface area contributed by atoms with Gasteiger partial charge in [-0.2, -0.15) is 0 Å². The van der Waals surface area contributed by atoms with Gasteiger partial charge in [0.1, 0.15) is 6.04 Å². The van der Waals surface area contributed by atoms with Crippen LogP contribution in [0.3, 0.4) is 0 Å². The fourth-order valence-corrected chi connectivity index (χ4v) is 2.86. The van der Waals surface area contributed by atoms with Gasteiger partial charge in [0.2, 0.25) is 5.91 Å². The van der Waals surface area contributed by atoms with Gasteiger partial charge in [0.15, 0.2) is 6.61 Å². The first-order valence-corrected chi connectivity index (χ1v) is 7.73. The van der Waals surface area contributed by atoms with E-state index in [0.29, 0.717) is 18.5 Å². The van der Waals surface area contributed by atoms with Crippen molar-refractivity contribution in [1.82, 2.24) is 4.90 Å². The number of carbonyl (C=O) groups is 3. The molecule has 0 radical (unpaired) electrons. The molecule has 1 fully saturated rings. The summed E-state index contributed by atoms with van der Waals surface area (Å²) in [6, 6.07) is 4.78. The smallest absolute Gasteiger partial charge is 0.338 e. The predicted molar refractivity (Wildman–Crippen MR) is 84.7 cm³/mol. The Labute approximate surface area is 135 Å². The molecule has 0 unspecified atom stereocenters. The van der Waals surface area contributed by atoms with Crippen molar-refractivity contribution in [3.05, 3.63) is 34.9 Å². The number of rotatable bonds is 4. The number of benzene rings is 1. The van der Waals surface area contributed by atoms with Crippen LogP contribution in [0.5, 0.6) is 0 Å². The average molecular weight is 318 g/mol. The van der Waals surface area contributed by atoms with Crippen molar-refractivity contribution in [2.45, 2.75) is 39.2 Å². The lowest BCUT2D eigenvalue weighted by molar-refractivity contribution is -0.143. The summed E-state index contributed by atoms with van der Waals surface area (Å²) in [6.07, 6.45) is 2.24. The average Bonchev–Trinajstić information content (AvgIpc) is 2.52. The SMILES string of the molecule is Cc1ccc(C(=O)OCC(=O)N2CCCC[C@@H]2C(N)=O)c(C)c1. The molecule has 0 spiro atoms. The van der Waals surface area contributed by atoms with Crippen LogP contribution in [0, 0.1) is 13.8 Å². The zero-order valence-electron chi connectivity index (χ0n) is 13.5. The maximum atomic E-state index is 12.2. The van der Waals surface area contributed by atoms with Gasteiger partial charge < -0.3 is 15.4 Å². The zero-order chi connectivity index (χ0) is 17.0. The Morgan fingerprint density at radius 2 is 2.00 bits per heavy atom. The van der Waals surface area contributed by atoms with Gasteiger partial charge in [0.25, 0.3) is 5.91 Å². The number of likely N-dealkylation sites (tertiary alicyclic amines) is 1. The van der Waals surface area contributed by atoms with Gasteiger partial charge in [-0.05, 0) is 44.7 Å². The minimum atomic E-state index is -0.601. The molecule has 1 atom stereocenters. The molecule has 1 aliphatic heterocycles. The second-order valence-electron chi connectivity index (χ2n) is 5.90. The van der Waals surface area contributed by atoms with E-state index < -0.39 is 17.9 Å². The number of hydrogen-bond acceptors (Lipinski definition) is 4. The number of nitrogens with zero attached hydrogens (tertiary/aromatic N) is 1. The number of nitrogens with two attached hydrogens (primary N) is 1. The van der Waals surface area contributed by atoms with Gasteiger partial charge in [-0.15, -0.1) is 0 Å². The van der Waals surface area contributed by atoms with Crippen LogP contribution < -0.4 is 5.73 Å². The van der Waals surface area contributed by atoms with Crippen LogP contribution in [0.15, 0.2) is 18.2 Å². The molecular formula is C17H22N2O4. The summed E-state index contributed by atoms with van der Waals surface area (Å²) in [5.74, 6) is -1.44. The van der Waals surface area contributed by atoms with E-state index >= 15 is 0 Å². The lowest BCUT2D eigenvalue weighted by atomic mass is 10.0. The molecule has 2 N–H and O–H groups in total. The minimum absolute atomic E-state index is 0.379. The molecule has 0 saturated carbocycles. The van der Waals surface area contributed by atoms with E-state index in [9.17, 15) is 14.4 Å². The van der Waals surface area contributed by atoms with Crippen LogP contribution >= 0.6 is 0 Å². The third-order valence-corrected chi connectivity index (χ3v) is 4.08. The fraction of sp³-hybridized carbons (Fsp3) is 0.471. The molecule has 6 heteroatoms. The molecule has 0 aliphatic carbocycles. The maximum Gasteiger partial charge on any atom is 0.338 e. The van der Waals surface area contributed by atoms with Crippen molar-refractivity contribution in [1.29, 1.82) is 0 Å². The third kappa shape index (κ3) is 4.09. The van der Waals surface area contributed by atoms with Crippen molar-refractivity contribution in [3.8, 4) is 0 Å². The number of carbonyl (C=O) groups excluding carboxylic acids is 3. The highest BCUT2D eigenvalue weighted by Crippen LogP contribution is 2.17. The second kappa shape index (κ2) is 7.26. The Morgan fingerprint density at radius 1 is 1.26 bits per heavy atom. The number of ether oxygens (including phenoxy) is 1. The molecule has 0 bridgehead atoms. The molecule has 1 aliphatic rings. The standard InChI is InChI=1S/C17H22N2O4/c1-11-6-7-13(12(2)9-11)17(22)23-10-15(20)19-8-4-3-5-14(19)16(18)21/h6-7,9,14H,3-5,8,10H2,1-2H3,(H2,18,21)/t14-/m1/s1. The Bertz CT molecular complexity index is 627. The molecule has 1 heterocycles. The van der Waals surface area contributed by atoms with Gasteiger partial charge in [0.05, 0.1) is 5.56 Å². The monoisotopic (exact) mass is 318 g/mol. The first-order valence-electron chi connectivity index (χ1n) is 7.73. The second-order valence-corrected chi connectivity index (χ2v) is 5.90. The van der Waals surface area contributed by atoms with Crippen molar-refractivity contribution >= 4 is 17.8 Å². The van der Waals surface area contributed by atoms with Gasteiger partial charge in [-0.3, -0.25) is 9.59 Å². The van der Waals surface area contributed by atoms with Crippen molar-refractivity contribution in [2.24, 2.45) is 5.73 Å². The normalized spacial score (nSPS) is 17.7. The van der Waals surface area contributed by atoms with E-state index in [1.54, 1.807) is 6.07 Å². The van der Waals surface area contributed by atoms with Gasteiger partial charge in [-0.25, -0.2) is 4.79 Å². The first-order chi connectivity index (χ1) is 10.9. The lowest BCUT2D eigenvalue weighted by Gasteiger charge is -2.33. The number of piperidine rings is 1. The third-order valence-electron chi connectivity index (χ3n) is 4.08. The van der Waals surface area contributed by atoms with Crippen LogP contribution in [-0.2, 0) is 14.3 Å². The van der Waals surface area contributed by atoms with Crippen molar-refractivity contribution in [3.63, 3.8) is 0 Å². The first kappa shape index (κ1) is 17.0. The van der Waals surface area contributed by atoms with E-state index in [-0.39, 0.29) is 12.5 Å². The summed E-state index contributed by atoms with van der Waals surface area (Å²) in [7, 11) is 0. The van der Waals surface area contributed by atoms with E-state index in [2.05, 4.69) is 0 Å². The number of hydrogen-bond donors (Lipinski definition) is 1. The Morgan fingerprint density at radius 3 is 2.65 bits per heavy atom. The van der Waals surface area contributed by atoms with Crippen LogP contribution in [0.1, 0.15) is 40.7 Å². The number of primary amides is 1. The molecule has 2 rings (SSSR count). The number of esters is 1. The molecule has 1 aromatic rings. The summed E-state index contributed by atoms with van der Waals surface area (Å²) in [5.41, 5.74) is 7.62. The fourth-order valence-electron chi connectivity index (χ4n) is 2.86. The molecule has 0 aromatic heterocycles. The maximum absolute atomic E-state index is 12.2. The summed E-state index contributed by atoms with van der Waals surface area (Å²) >= 11 is 0. The van der Waals surface area contributed by atoms with Crippen LogP contribution in [0.4, 0.5) is 0 Å². The summed E-state index contributed by atoms with van der Waals surface area (Å²) < 4.78 is 5.11. The highest BCUT2D eigenvalue weighted by atomic mass is 16.5. The largest absolute Gasteiger partial charge is 0.452 e. The Balaban J connectivity index is 1.97. The van der Waals surface area contributed by atoms with Crippen molar-refractivity contribution < 1.29 is 19.1 Å². The molecule has 23 heavy (non-hydrogen) atoms. The molecule has 124 valence electrons. The predicted octanol–water partition coefficient (Wildman–Crippen LogP) is 1.33. The van der Waals surface area contributed by atoms with E-state index in [1.165, 1.54) is 4.90 Å².